The molecule has 2 heterocycles. The molecule has 0 spiro atoms. The molecule has 18 heavy (non-hydrogen) atoms. The Morgan fingerprint density at radius 3 is 2.56 bits per heavy atom. The third-order valence-electron chi connectivity index (χ3n) is 2.63. The van der Waals surface area contributed by atoms with Gasteiger partial charge in [0.15, 0.2) is 0 Å². The van der Waals surface area contributed by atoms with Crippen LogP contribution in [-0.2, 0) is 0 Å². The molecule has 1 atom stereocenters. The van der Waals surface area contributed by atoms with E-state index in [-0.39, 0.29) is 6.04 Å². The Hall–Kier alpha value is -0.780. The molecule has 0 aliphatic rings. The van der Waals surface area contributed by atoms with Crippen molar-refractivity contribution in [1.82, 2.24) is 15.3 Å². The zero-order valence-electron chi connectivity index (χ0n) is 10.1. The van der Waals surface area contributed by atoms with Crippen LogP contribution >= 0.6 is 31.9 Å². The highest BCUT2D eigenvalue weighted by Crippen LogP contribution is 2.28. The van der Waals surface area contributed by atoms with Crippen LogP contribution < -0.4 is 5.32 Å². The minimum atomic E-state index is 0.0277. The standard InChI is InChI=1S/C13H13Br2N3/c1-8-3-9(6-17-5-8)12(16-2)13-11(15)4-10(14)7-18-13/h3-7,12,16H,1-2H3. The number of hydrogen-bond donors (Lipinski definition) is 1. The Bertz CT molecular complexity index is 558. The SMILES string of the molecule is CNC(c1cncc(C)c1)c1ncc(Br)cc1Br. The van der Waals surface area contributed by atoms with Gasteiger partial charge in [0.05, 0.1) is 11.7 Å². The number of halogens is 2. The highest BCUT2D eigenvalue weighted by atomic mass is 79.9. The van der Waals surface area contributed by atoms with E-state index >= 15 is 0 Å². The van der Waals surface area contributed by atoms with E-state index in [0.29, 0.717) is 0 Å². The van der Waals surface area contributed by atoms with Crippen LogP contribution in [0.15, 0.2) is 39.7 Å². The molecule has 0 saturated carbocycles. The van der Waals surface area contributed by atoms with Crippen molar-refractivity contribution < 1.29 is 0 Å². The number of nitrogens with one attached hydrogen (secondary N) is 1. The number of rotatable bonds is 3. The number of nitrogens with zero attached hydrogens (tertiary/aromatic N) is 2. The van der Waals surface area contributed by atoms with E-state index in [9.17, 15) is 0 Å². The summed E-state index contributed by atoms with van der Waals surface area (Å²) in [5, 5.41) is 3.27. The van der Waals surface area contributed by atoms with E-state index in [1.807, 2.05) is 32.4 Å². The van der Waals surface area contributed by atoms with Gasteiger partial charge >= 0.3 is 0 Å². The van der Waals surface area contributed by atoms with Crippen LogP contribution in [0.4, 0.5) is 0 Å². The van der Waals surface area contributed by atoms with E-state index in [4.69, 9.17) is 0 Å². The summed E-state index contributed by atoms with van der Waals surface area (Å²) in [5.74, 6) is 0. The second-order valence-electron chi connectivity index (χ2n) is 4.04. The average molecular weight is 371 g/mol. The van der Waals surface area contributed by atoms with Gasteiger partial charge in [-0.05, 0) is 63.0 Å². The highest BCUT2D eigenvalue weighted by Gasteiger charge is 2.17. The lowest BCUT2D eigenvalue weighted by Crippen LogP contribution is -2.19. The van der Waals surface area contributed by atoms with Crippen molar-refractivity contribution in [2.45, 2.75) is 13.0 Å². The minimum Gasteiger partial charge on any atom is -0.308 e. The van der Waals surface area contributed by atoms with Crippen LogP contribution in [0.3, 0.4) is 0 Å². The molecule has 0 saturated heterocycles. The normalized spacial score (nSPS) is 12.4. The fourth-order valence-electron chi connectivity index (χ4n) is 1.84. The van der Waals surface area contributed by atoms with Gasteiger partial charge < -0.3 is 5.32 Å². The third kappa shape index (κ3) is 2.96. The predicted molar refractivity (Wildman–Crippen MR) is 79.5 cm³/mol. The van der Waals surface area contributed by atoms with Crippen molar-refractivity contribution in [1.29, 1.82) is 0 Å². The summed E-state index contributed by atoms with van der Waals surface area (Å²) in [4.78, 5) is 8.70. The first-order chi connectivity index (χ1) is 8.61. The van der Waals surface area contributed by atoms with Gasteiger partial charge in [0.1, 0.15) is 0 Å². The number of pyridine rings is 2. The average Bonchev–Trinajstić information content (AvgIpc) is 2.33. The van der Waals surface area contributed by atoms with Crippen LogP contribution in [0.2, 0.25) is 0 Å². The third-order valence-corrected chi connectivity index (χ3v) is 3.70. The minimum absolute atomic E-state index is 0.0277. The second-order valence-corrected chi connectivity index (χ2v) is 5.81. The van der Waals surface area contributed by atoms with Crippen LogP contribution in [0.1, 0.15) is 22.9 Å². The maximum atomic E-state index is 4.47. The molecular formula is C13H13Br2N3. The van der Waals surface area contributed by atoms with Crippen molar-refractivity contribution >= 4 is 31.9 Å². The van der Waals surface area contributed by atoms with E-state index < -0.39 is 0 Å². The van der Waals surface area contributed by atoms with E-state index in [1.54, 1.807) is 6.20 Å². The summed E-state index contributed by atoms with van der Waals surface area (Å²) in [6, 6.07) is 4.14. The van der Waals surface area contributed by atoms with Gasteiger partial charge in [0, 0.05) is 27.5 Å². The monoisotopic (exact) mass is 369 g/mol. The summed E-state index contributed by atoms with van der Waals surface area (Å²) in [7, 11) is 1.92. The van der Waals surface area contributed by atoms with Gasteiger partial charge in [-0.15, -0.1) is 0 Å². The zero-order chi connectivity index (χ0) is 13.1. The summed E-state index contributed by atoms with van der Waals surface area (Å²) < 4.78 is 1.92. The first-order valence-electron chi connectivity index (χ1n) is 5.51. The molecule has 2 aromatic rings. The van der Waals surface area contributed by atoms with Gasteiger partial charge in [0.2, 0.25) is 0 Å². The maximum Gasteiger partial charge on any atom is 0.0775 e. The van der Waals surface area contributed by atoms with Crippen molar-refractivity contribution in [2.24, 2.45) is 0 Å². The summed E-state index contributed by atoms with van der Waals surface area (Å²) in [6.45, 7) is 2.03. The molecule has 94 valence electrons. The Morgan fingerprint density at radius 2 is 1.94 bits per heavy atom. The van der Waals surface area contributed by atoms with Gasteiger partial charge in [-0.1, -0.05) is 6.07 Å². The smallest absolute Gasteiger partial charge is 0.0775 e. The van der Waals surface area contributed by atoms with Crippen LogP contribution in [0, 0.1) is 6.92 Å². The number of hydrogen-bond acceptors (Lipinski definition) is 3. The lowest BCUT2D eigenvalue weighted by molar-refractivity contribution is 0.664. The summed E-state index contributed by atoms with van der Waals surface area (Å²) >= 11 is 6.96. The molecule has 0 aromatic carbocycles. The first kappa shape index (κ1) is 13.6. The fourth-order valence-corrected chi connectivity index (χ4v) is 3.05. The Labute approximate surface area is 123 Å². The predicted octanol–water partition coefficient (Wildman–Crippen LogP) is 3.62. The molecule has 0 amide bonds. The fraction of sp³-hybridized carbons (Fsp3) is 0.231. The first-order valence-corrected chi connectivity index (χ1v) is 7.10. The molecule has 3 nitrogen and oxygen atoms in total. The van der Waals surface area contributed by atoms with Gasteiger partial charge in [-0.2, -0.15) is 0 Å². The van der Waals surface area contributed by atoms with Crippen LogP contribution in [0.5, 0.6) is 0 Å². The second kappa shape index (κ2) is 5.91. The maximum absolute atomic E-state index is 4.47. The van der Waals surface area contributed by atoms with Crippen molar-refractivity contribution in [3.05, 3.63) is 56.5 Å². The molecule has 0 fully saturated rings. The molecule has 5 heteroatoms. The molecule has 0 radical (unpaired) electrons. The summed E-state index contributed by atoms with van der Waals surface area (Å²) in [6.07, 6.45) is 5.51. The quantitative estimate of drug-likeness (QED) is 0.896. The molecule has 1 N–H and O–H groups in total. The number of aromatic nitrogens is 2. The van der Waals surface area contributed by atoms with Crippen molar-refractivity contribution in [2.75, 3.05) is 7.05 Å². The van der Waals surface area contributed by atoms with E-state index in [0.717, 1.165) is 25.8 Å². The van der Waals surface area contributed by atoms with Gasteiger partial charge in [-0.25, -0.2) is 0 Å². The van der Waals surface area contributed by atoms with E-state index in [2.05, 4.69) is 53.2 Å². The number of aryl methyl sites for hydroxylation is 1. The highest BCUT2D eigenvalue weighted by molar-refractivity contribution is 9.11. The van der Waals surface area contributed by atoms with Crippen molar-refractivity contribution in [3.63, 3.8) is 0 Å². The van der Waals surface area contributed by atoms with E-state index in [1.165, 1.54) is 0 Å². The lowest BCUT2D eigenvalue weighted by atomic mass is 10.0. The summed E-state index contributed by atoms with van der Waals surface area (Å²) in [5.41, 5.74) is 3.20. The van der Waals surface area contributed by atoms with Crippen LogP contribution in [0.25, 0.3) is 0 Å². The Morgan fingerprint density at radius 1 is 1.17 bits per heavy atom. The molecule has 0 bridgehead atoms. The molecule has 2 aromatic heterocycles. The molecule has 0 aliphatic carbocycles. The topological polar surface area (TPSA) is 37.8 Å². The zero-order valence-corrected chi connectivity index (χ0v) is 13.3. The van der Waals surface area contributed by atoms with Crippen molar-refractivity contribution in [3.8, 4) is 0 Å². The lowest BCUT2D eigenvalue weighted by Gasteiger charge is -2.17. The Balaban J connectivity index is 2.45. The van der Waals surface area contributed by atoms with Crippen LogP contribution in [-0.4, -0.2) is 17.0 Å². The molecule has 0 aliphatic heterocycles. The van der Waals surface area contributed by atoms with Gasteiger partial charge in [-0.3, -0.25) is 9.97 Å². The molecular weight excluding hydrogens is 358 g/mol. The largest absolute Gasteiger partial charge is 0.308 e. The molecule has 1 unspecified atom stereocenters. The van der Waals surface area contributed by atoms with Gasteiger partial charge in [0.25, 0.3) is 0 Å². The Kier molecular flexibility index (Phi) is 4.48. The molecule has 2 rings (SSSR count).